The summed E-state index contributed by atoms with van der Waals surface area (Å²) in [4.78, 5) is 29.7. The average molecular weight is 481 g/mol. The molecule has 2 heterocycles. The van der Waals surface area contributed by atoms with Crippen molar-refractivity contribution in [3.05, 3.63) is 82.4 Å². The second-order valence-corrected chi connectivity index (χ2v) is 8.49. The van der Waals surface area contributed by atoms with Gasteiger partial charge in [0.15, 0.2) is 0 Å². The Morgan fingerprint density at radius 3 is 2.53 bits per heavy atom. The molecule has 2 aromatic heterocycles. The molecule has 2 aromatic carbocycles. The van der Waals surface area contributed by atoms with Crippen molar-refractivity contribution < 1.29 is 14.3 Å². The number of likely N-dealkylation sites (N-methyl/N-ethyl adjacent to an activating group) is 1. The number of carbonyl (C=O) groups excluding carboxylic acids is 2. The second-order valence-electron chi connectivity index (χ2n) is 7.51. The van der Waals surface area contributed by atoms with E-state index in [1.165, 1.54) is 5.56 Å². The van der Waals surface area contributed by atoms with Crippen LogP contribution in [-0.2, 0) is 22.6 Å². The topological polar surface area (TPSA) is 87.3 Å². The van der Waals surface area contributed by atoms with Gasteiger partial charge in [-0.3, -0.25) is 9.69 Å². The van der Waals surface area contributed by atoms with Crippen LogP contribution in [0.2, 0.25) is 0 Å². The van der Waals surface area contributed by atoms with Crippen LogP contribution in [0.1, 0.15) is 16.3 Å². The molecule has 0 fully saturated rings. The highest BCUT2D eigenvalue weighted by molar-refractivity contribution is 7.09. The number of thiazole rings is 1. The summed E-state index contributed by atoms with van der Waals surface area (Å²) in [5.41, 5.74) is 3.29. The molecule has 180 valence electrons. The van der Waals surface area contributed by atoms with E-state index < -0.39 is 0 Å². The van der Waals surface area contributed by atoms with Gasteiger partial charge < -0.3 is 19.8 Å². The van der Waals surface area contributed by atoms with Crippen molar-refractivity contribution >= 4 is 34.9 Å². The molecule has 0 saturated heterocycles. The van der Waals surface area contributed by atoms with Gasteiger partial charge in [-0.2, -0.15) is 0 Å². The zero-order valence-electron chi connectivity index (χ0n) is 19.9. The van der Waals surface area contributed by atoms with Crippen molar-refractivity contribution in [1.29, 1.82) is 0 Å². The summed E-state index contributed by atoms with van der Waals surface area (Å²) in [5.74, 6) is 0.828. The number of aromatic nitrogens is 2. The Kier molecular flexibility index (Phi) is 12.1. The Labute approximate surface area is 204 Å². The summed E-state index contributed by atoms with van der Waals surface area (Å²) >= 11 is 1.65. The van der Waals surface area contributed by atoms with Gasteiger partial charge in [0.2, 0.25) is 6.41 Å². The summed E-state index contributed by atoms with van der Waals surface area (Å²) < 4.78 is 5.11. The molecule has 34 heavy (non-hydrogen) atoms. The Bertz CT molecular complexity index is 1100. The van der Waals surface area contributed by atoms with E-state index in [4.69, 9.17) is 4.74 Å². The Morgan fingerprint density at radius 1 is 1.15 bits per heavy atom. The molecule has 0 aliphatic rings. The lowest BCUT2D eigenvalue weighted by Gasteiger charge is -2.13. The molecular weight excluding hydrogens is 448 g/mol. The molecule has 8 heteroatoms. The lowest BCUT2D eigenvalue weighted by molar-refractivity contribution is -0.109. The van der Waals surface area contributed by atoms with Crippen LogP contribution in [-0.4, -0.2) is 54.8 Å². The molecule has 2 N–H and O–H groups in total. The lowest BCUT2D eigenvalue weighted by Crippen LogP contribution is -2.28. The molecule has 0 aliphatic carbocycles. The number of aryl methyl sites for hydroxylation is 1. The fourth-order valence-electron chi connectivity index (χ4n) is 2.99. The predicted molar refractivity (Wildman–Crippen MR) is 138 cm³/mol. The number of rotatable bonds is 9. The van der Waals surface area contributed by atoms with Crippen molar-refractivity contribution in [3.8, 4) is 5.75 Å². The highest BCUT2D eigenvalue weighted by atomic mass is 32.1. The molecular formula is C26H32N4O3S. The van der Waals surface area contributed by atoms with Gasteiger partial charge in [0.25, 0.3) is 0 Å². The normalized spacial score (nSPS) is 10.0. The van der Waals surface area contributed by atoms with Crippen LogP contribution in [0.3, 0.4) is 0 Å². The maximum Gasteiger partial charge on any atom is 0.207 e. The zero-order valence-corrected chi connectivity index (χ0v) is 20.7. The van der Waals surface area contributed by atoms with Crippen molar-refractivity contribution in [2.75, 3.05) is 27.2 Å². The molecule has 0 atom stereocenters. The number of hydrogen-bond donors (Lipinski definition) is 2. The zero-order chi connectivity index (χ0) is 24.6. The number of nitrogens with one attached hydrogen (secondary N) is 2. The van der Waals surface area contributed by atoms with E-state index >= 15 is 0 Å². The van der Waals surface area contributed by atoms with E-state index in [1.807, 2.05) is 54.9 Å². The fourth-order valence-corrected chi connectivity index (χ4v) is 3.68. The van der Waals surface area contributed by atoms with Gasteiger partial charge in [-0.1, -0.05) is 35.9 Å². The Morgan fingerprint density at radius 2 is 1.94 bits per heavy atom. The minimum absolute atomic E-state index is 0.428. The maximum atomic E-state index is 10.3. The van der Waals surface area contributed by atoms with Crippen molar-refractivity contribution in [3.63, 3.8) is 0 Å². The molecule has 0 aliphatic heterocycles. The van der Waals surface area contributed by atoms with E-state index in [0.717, 1.165) is 53.1 Å². The third-order valence-corrected chi connectivity index (χ3v) is 5.50. The monoisotopic (exact) mass is 480 g/mol. The van der Waals surface area contributed by atoms with Crippen LogP contribution < -0.4 is 10.1 Å². The van der Waals surface area contributed by atoms with Crippen molar-refractivity contribution in [2.45, 2.75) is 19.9 Å². The first-order valence-electron chi connectivity index (χ1n) is 10.9. The number of nitrogens with zero attached hydrogens (tertiary/aromatic N) is 2. The SMILES string of the molecule is CN(CCNC=O)Cc1nccs1.COc1ccc2[nH]c(CC=O)cc2c1.Cc1ccccc1. The minimum atomic E-state index is 0.428. The number of carbonyl (C=O) groups is 2. The number of H-pyrrole nitrogens is 1. The highest BCUT2D eigenvalue weighted by Gasteiger charge is 2.02. The summed E-state index contributed by atoms with van der Waals surface area (Å²) in [6, 6.07) is 18.0. The highest BCUT2D eigenvalue weighted by Crippen LogP contribution is 2.21. The smallest absolute Gasteiger partial charge is 0.207 e. The number of aldehydes is 1. The summed E-state index contributed by atoms with van der Waals surface area (Å²) in [6.45, 7) is 4.46. The second kappa shape index (κ2) is 15.4. The number of ether oxygens (including phenoxy) is 1. The first kappa shape index (κ1) is 26.8. The molecule has 4 rings (SSSR count). The van der Waals surface area contributed by atoms with E-state index in [2.05, 4.69) is 39.2 Å². The fraction of sp³-hybridized carbons (Fsp3) is 0.269. The Balaban J connectivity index is 0.000000190. The molecule has 7 nitrogen and oxygen atoms in total. The number of benzene rings is 2. The van der Waals surface area contributed by atoms with Crippen molar-refractivity contribution in [1.82, 2.24) is 20.2 Å². The summed E-state index contributed by atoms with van der Waals surface area (Å²) in [6.07, 6.45) is 3.84. The lowest BCUT2D eigenvalue weighted by atomic mass is 10.2. The van der Waals surface area contributed by atoms with Crippen LogP contribution in [0.4, 0.5) is 0 Å². The van der Waals surface area contributed by atoms with E-state index in [-0.39, 0.29) is 0 Å². The molecule has 1 amide bonds. The van der Waals surface area contributed by atoms with Gasteiger partial charge in [0, 0.05) is 47.7 Å². The van der Waals surface area contributed by atoms with Gasteiger partial charge >= 0.3 is 0 Å². The summed E-state index contributed by atoms with van der Waals surface area (Å²) in [7, 11) is 3.65. The maximum absolute atomic E-state index is 10.3. The number of fused-ring (bicyclic) bond motifs is 1. The standard InChI is InChI=1S/C11H11NO2.C8H13N3OS.C7H8/c1-14-10-2-3-11-8(7-10)6-9(12-11)4-5-13;1-11(4-2-9-7-12)6-8-10-3-5-13-8;1-7-5-3-2-4-6-7/h2-3,5-7,12H,4H2,1H3;3,5,7H,2,4,6H2,1H3,(H,9,12);2-6H,1H3. The van der Waals surface area contributed by atoms with Gasteiger partial charge in [-0.05, 0) is 38.2 Å². The van der Waals surface area contributed by atoms with Crippen LogP contribution in [0.25, 0.3) is 10.9 Å². The van der Waals surface area contributed by atoms with E-state index in [9.17, 15) is 9.59 Å². The first-order valence-corrected chi connectivity index (χ1v) is 11.8. The van der Waals surface area contributed by atoms with Crippen molar-refractivity contribution in [2.24, 2.45) is 0 Å². The van der Waals surface area contributed by atoms with Crippen LogP contribution in [0.5, 0.6) is 5.75 Å². The number of methoxy groups -OCH3 is 1. The number of aromatic amines is 1. The molecule has 0 saturated carbocycles. The molecule has 0 unspecified atom stereocenters. The Hall–Kier alpha value is -3.49. The number of hydrogen-bond acceptors (Lipinski definition) is 6. The molecule has 4 aromatic rings. The quantitative estimate of drug-likeness (QED) is 0.276. The van der Waals surface area contributed by atoms with Crippen LogP contribution in [0.15, 0.2) is 66.2 Å². The first-order chi connectivity index (χ1) is 16.5. The average Bonchev–Trinajstić information content (AvgIpc) is 3.49. The van der Waals surface area contributed by atoms with E-state index in [0.29, 0.717) is 13.0 Å². The summed E-state index contributed by atoms with van der Waals surface area (Å²) in [5, 5.41) is 6.76. The predicted octanol–water partition coefficient (Wildman–Crippen LogP) is 4.23. The van der Waals surface area contributed by atoms with E-state index in [1.54, 1.807) is 24.6 Å². The third-order valence-electron chi connectivity index (χ3n) is 4.74. The van der Waals surface area contributed by atoms with Gasteiger partial charge in [0.1, 0.15) is 17.0 Å². The van der Waals surface area contributed by atoms with Gasteiger partial charge in [-0.25, -0.2) is 4.98 Å². The number of amides is 1. The molecule has 0 spiro atoms. The van der Waals surface area contributed by atoms with Gasteiger partial charge in [-0.15, -0.1) is 11.3 Å². The third kappa shape index (κ3) is 9.97. The molecule has 0 bridgehead atoms. The minimum Gasteiger partial charge on any atom is -0.497 e. The van der Waals surface area contributed by atoms with Gasteiger partial charge in [0.05, 0.1) is 13.7 Å². The van der Waals surface area contributed by atoms with Crippen LogP contribution in [0, 0.1) is 6.92 Å². The largest absolute Gasteiger partial charge is 0.497 e. The molecule has 0 radical (unpaired) electrons. The van der Waals surface area contributed by atoms with Crippen LogP contribution >= 0.6 is 11.3 Å².